The summed E-state index contributed by atoms with van der Waals surface area (Å²) in [5, 5.41) is 0. The van der Waals surface area contributed by atoms with E-state index >= 15 is 0 Å². The molecule has 66 valence electrons. The first-order valence-electron chi connectivity index (χ1n) is 3.86. The molecule has 4 heteroatoms. The molecule has 0 aromatic carbocycles. The molecule has 1 aliphatic carbocycles. The van der Waals surface area contributed by atoms with Gasteiger partial charge in [-0.05, 0) is 18.8 Å². The first kappa shape index (κ1) is 9.00. The largest absolute Gasteiger partial charge is 0.328 e. The van der Waals surface area contributed by atoms with Crippen LogP contribution in [0.1, 0.15) is 12.8 Å². The van der Waals surface area contributed by atoms with Crippen LogP contribution in [0.25, 0.3) is 0 Å². The van der Waals surface area contributed by atoms with E-state index in [-0.39, 0.29) is 0 Å². The summed E-state index contributed by atoms with van der Waals surface area (Å²) in [4.78, 5) is 0. The third-order valence-electron chi connectivity index (χ3n) is 1.92. The van der Waals surface area contributed by atoms with Crippen LogP contribution in [0.4, 0.5) is 0 Å². The summed E-state index contributed by atoms with van der Waals surface area (Å²) in [6, 6.07) is 0.375. The van der Waals surface area contributed by atoms with Gasteiger partial charge in [-0.3, -0.25) is 4.21 Å². The van der Waals surface area contributed by atoms with Crippen LogP contribution < -0.4 is 5.73 Å². The van der Waals surface area contributed by atoms with Crippen LogP contribution in [-0.4, -0.2) is 29.3 Å². The van der Waals surface area contributed by atoms with E-state index in [0.29, 0.717) is 12.0 Å². The van der Waals surface area contributed by atoms with Gasteiger partial charge in [0.15, 0.2) is 0 Å². The number of hydrogen-bond donors (Lipinski definition) is 1. The lowest BCUT2D eigenvalue weighted by Crippen LogP contribution is -2.37. The molecule has 1 rings (SSSR count). The van der Waals surface area contributed by atoms with Crippen molar-refractivity contribution in [1.29, 1.82) is 0 Å². The minimum atomic E-state index is -1.88. The highest BCUT2D eigenvalue weighted by Gasteiger charge is 2.25. The van der Waals surface area contributed by atoms with Gasteiger partial charge in [0.25, 0.3) is 0 Å². The van der Waals surface area contributed by atoms with Gasteiger partial charge in [0.05, 0.1) is 6.54 Å². The zero-order valence-corrected chi connectivity index (χ0v) is 7.93. The monoisotopic (exact) mass is 176 g/mol. The smallest absolute Gasteiger partial charge is 0.0513 e. The van der Waals surface area contributed by atoms with Crippen molar-refractivity contribution < 1.29 is 4.21 Å². The quantitative estimate of drug-likeness (QED) is 0.664. The standard InChI is InChI=1S/C7H16N2OS/c1-11(2,10)9-5-6-3-7(8)4-6/h6-7H,3-5,8H2,1-2H3. The fraction of sp³-hybridized carbons (Fsp3) is 1.00. The first-order valence-corrected chi connectivity index (χ1v) is 6.19. The molecular weight excluding hydrogens is 160 g/mol. The molecule has 1 aliphatic rings. The summed E-state index contributed by atoms with van der Waals surface area (Å²) < 4.78 is 15.2. The van der Waals surface area contributed by atoms with Crippen molar-refractivity contribution >= 4 is 9.73 Å². The molecule has 0 unspecified atom stereocenters. The van der Waals surface area contributed by atoms with E-state index in [4.69, 9.17) is 5.73 Å². The predicted molar refractivity (Wildman–Crippen MR) is 48.0 cm³/mol. The molecule has 0 bridgehead atoms. The second-order valence-electron chi connectivity index (χ2n) is 3.59. The zero-order chi connectivity index (χ0) is 8.48. The fourth-order valence-corrected chi connectivity index (χ4v) is 1.79. The summed E-state index contributed by atoms with van der Waals surface area (Å²) in [5.74, 6) is 0.603. The minimum absolute atomic E-state index is 0.375. The summed E-state index contributed by atoms with van der Waals surface area (Å²) in [6.45, 7) is 0.736. The maximum absolute atomic E-state index is 11.1. The number of hydrogen-bond acceptors (Lipinski definition) is 3. The summed E-state index contributed by atoms with van der Waals surface area (Å²) in [6.07, 6.45) is 5.45. The Balaban J connectivity index is 2.30. The van der Waals surface area contributed by atoms with Gasteiger partial charge in [-0.15, -0.1) is 0 Å². The highest BCUT2D eigenvalue weighted by molar-refractivity contribution is 7.92. The summed E-state index contributed by atoms with van der Waals surface area (Å²) in [7, 11) is -1.88. The second-order valence-corrected chi connectivity index (χ2v) is 6.21. The molecule has 0 aliphatic heterocycles. The Morgan fingerprint density at radius 3 is 2.45 bits per heavy atom. The topological polar surface area (TPSA) is 55.5 Å². The van der Waals surface area contributed by atoms with Crippen LogP contribution in [0.15, 0.2) is 4.36 Å². The highest BCUT2D eigenvalue weighted by Crippen LogP contribution is 2.25. The van der Waals surface area contributed by atoms with Crippen LogP contribution in [0.5, 0.6) is 0 Å². The van der Waals surface area contributed by atoms with Gasteiger partial charge in [0.2, 0.25) is 0 Å². The van der Waals surface area contributed by atoms with Crippen molar-refractivity contribution in [3.63, 3.8) is 0 Å². The Labute approximate surface area is 68.5 Å². The van der Waals surface area contributed by atoms with E-state index in [9.17, 15) is 4.21 Å². The van der Waals surface area contributed by atoms with Gasteiger partial charge in [-0.25, -0.2) is 4.36 Å². The Kier molecular flexibility index (Phi) is 2.54. The third-order valence-corrected chi connectivity index (χ3v) is 2.69. The molecular formula is C7H16N2OS. The average molecular weight is 176 g/mol. The Morgan fingerprint density at radius 1 is 1.55 bits per heavy atom. The van der Waals surface area contributed by atoms with Crippen molar-refractivity contribution in [3.05, 3.63) is 0 Å². The summed E-state index contributed by atoms with van der Waals surface area (Å²) >= 11 is 0. The molecule has 11 heavy (non-hydrogen) atoms. The molecule has 0 heterocycles. The van der Waals surface area contributed by atoms with Gasteiger partial charge in [0, 0.05) is 28.3 Å². The molecule has 0 aromatic heterocycles. The first-order chi connectivity index (χ1) is 4.97. The fourth-order valence-electron chi connectivity index (χ4n) is 1.22. The Bertz CT molecular complexity index is 229. The lowest BCUT2D eigenvalue weighted by molar-refractivity contribution is 0.275. The molecule has 0 atom stereocenters. The van der Waals surface area contributed by atoms with Gasteiger partial charge < -0.3 is 5.73 Å². The number of nitrogens with two attached hydrogens (primary N) is 1. The average Bonchev–Trinajstić information content (AvgIpc) is 1.75. The van der Waals surface area contributed by atoms with E-state index in [1.165, 1.54) is 0 Å². The van der Waals surface area contributed by atoms with Crippen LogP contribution in [0.2, 0.25) is 0 Å². The van der Waals surface area contributed by atoms with Gasteiger partial charge in [0.1, 0.15) is 0 Å². The van der Waals surface area contributed by atoms with Crippen molar-refractivity contribution in [1.82, 2.24) is 0 Å². The lowest BCUT2D eigenvalue weighted by Gasteiger charge is -2.30. The SMILES string of the molecule is CS(C)(=O)=NCC1CC(N)C1. The predicted octanol–water partition coefficient (Wildman–Crippen LogP) is 0.451. The van der Waals surface area contributed by atoms with E-state index in [1.807, 2.05) is 0 Å². The molecule has 2 N–H and O–H groups in total. The highest BCUT2D eigenvalue weighted by atomic mass is 32.2. The van der Waals surface area contributed by atoms with Crippen molar-refractivity contribution in [2.24, 2.45) is 16.0 Å². The molecule has 0 amide bonds. The third kappa shape index (κ3) is 3.20. The van der Waals surface area contributed by atoms with Crippen molar-refractivity contribution in [2.45, 2.75) is 18.9 Å². The molecule has 0 aromatic rings. The van der Waals surface area contributed by atoms with Gasteiger partial charge in [-0.1, -0.05) is 0 Å². The van der Waals surface area contributed by atoms with Crippen LogP contribution >= 0.6 is 0 Å². The van der Waals surface area contributed by atoms with E-state index < -0.39 is 9.73 Å². The lowest BCUT2D eigenvalue weighted by atomic mass is 9.81. The van der Waals surface area contributed by atoms with E-state index in [1.54, 1.807) is 12.5 Å². The molecule has 1 fully saturated rings. The molecule has 3 nitrogen and oxygen atoms in total. The molecule has 0 radical (unpaired) electrons. The van der Waals surface area contributed by atoms with Crippen LogP contribution in [0.3, 0.4) is 0 Å². The van der Waals surface area contributed by atoms with E-state index in [2.05, 4.69) is 4.36 Å². The number of rotatable bonds is 2. The minimum Gasteiger partial charge on any atom is -0.328 e. The van der Waals surface area contributed by atoms with Crippen molar-refractivity contribution in [3.8, 4) is 0 Å². The Morgan fingerprint density at radius 2 is 2.09 bits per heavy atom. The second kappa shape index (κ2) is 3.11. The number of nitrogens with zero attached hydrogens (tertiary/aromatic N) is 1. The maximum atomic E-state index is 11.1. The van der Waals surface area contributed by atoms with E-state index in [0.717, 1.165) is 19.4 Å². The normalized spacial score (nSPS) is 31.2. The van der Waals surface area contributed by atoms with Gasteiger partial charge in [-0.2, -0.15) is 0 Å². The Hall–Kier alpha value is -0.0900. The van der Waals surface area contributed by atoms with Crippen molar-refractivity contribution in [2.75, 3.05) is 19.1 Å². The van der Waals surface area contributed by atoms with Crippen LogP contribution in [0, 0.1) is 5.92 Å². The summed E-state index contributed by atoms with van der Waals surface area (Å²) in [5.41, 5.74) is 5.60. The molecule has 0 saturated heterocycles. The molecule has 0 spiro atoms. The molecule has 1 saturated carbocycles. The van der Waals surface area contributed by atoms with Crippen LogP contribution in [-0.2, 0) is 9.73 Å². The maximum Gasteiger partial charge on any atom is 0.0513 e. The van der Waals surface area contributed by atoms with Gasteiger partial charge >= 0.3 is 0 Å². The zero-order valence-electron chi connectivity index (χ0n) is 7.12.